The fourth-order valence-electron chi connectivity index (χ4n) is 7.36. The molecule has 0 atom stereocenters. The van der Waals surface area contributed by atoms with Crippen LogP contribution in [0.5, 0.6) is 0 Å². The third kappa shape index (κ3) is 16.4. The minimum absolute atomic E-state index is 1.28. The van der Waals surface area contributed by atoms with Gasteiger partial charge in [-0.05, 0) is 0 Å². The average molecular weight is 919 g/mol. The van der Waals surface area contributed by atoms with E-state index >= 15 is 0 Å². The predicted octanol–water partition coefficient (Wildman–Crippen LogP) is 15.6. The fourth-order valence-corrected chi connectivity index (χ4v) is 23.7. The molecule has 276 valence electrons. The summed E-state index contributed by atoms with van der Waals surface area (Å²) in [5.74, 6) is 0. The average Bonchev–Trinajstić information content (AvgIpc) is 3.70. The van der Waals surface area contributed by atoms with Crippen molar-refractivity contribution in [2.24, 2.45) is 0 Å². The molecule has 3 aromatic rings. The molecule has 0 aliphatic heterocycles. The van der Waals surface area contributed by atoms with Gasteiger partial charge in [0, 0.05) is 0 Å². The molecule has 0 radical (unpaired) electrons. The molecule has 0 unspecified atom stereocenters. The molecule has 3 rings (SSSR count). The second-order valence-corrected chi connectivity index (χ2v) is 49.9. The Morgan fingerprint density at radius 1 is 0.388 bits per heavy atom. The van der Waals surface area contributed by atoms with Crippen molar-refractivity contribution in [2.45, 2.75) is 191 Å². The van der Waals surface area contributed by atoms with Gasteiger partial charge in [-0.3, -0.25) is 0 Å². The molecule has 2 heterocycles. The van der Waals surface area contributed by atoms with Crippen molar-refractivity contribution in [1.82, 2.24) is 0 Å². The maximum atomic E-state index is 2.61. The van der Waals surface area contributed by atoms with Crippen LogP contribution in [0.25, 0.3) is 20.9 Å². The summed E-state index contributed by atoms with van der Waals surface area (Å²) < 4.78 is 3.61. The van der Waals surface area contributed by atoms with Crippen molar-refractivity contribution in [3.63, 3.8) is 0 Å². The van der Waals surface area contributed by atoms with Gasteiger partial charge in [-0.1, -0.05) is 33.1 Å². The van der Waals surface area contributed by atoms with Gasteiger partial charge in [0.1, 0.15) is 0 Å². The molecule has 0 nitrogen and oxygen atoms in total. The summed E-state index contributed by atoms with van der Waals surface area (Å²) in [5, 5.41) is 0. The van der Waals surface area contributed by atoms with Crippen LogP contribution in [0.3, 0.4) is 0 Å². The maximum absolute atomic E-state index is 2.61. The normalized spacial score (nSPS) is 12.3. The number of thiophene rings is 2. The van der Waals surface area contributed by atoms with Crippen LogP contribution in [0.4, 0.5) is 0 Å². The first-order valence-corrected chi connectivity index (χ1v) is 42.5. The van der Waals surface area contributed by atoms with Crippen molar-refractivity contribution in [2.75, 3.05) is 0 Å². The van der Waals surface area contributed by atoms with Crippen LogP contribution >= 0.6 is 22.7 Å². The minimum atomic E-state index is -2.18. The third-order valence-electron chi connectivity index (χ3n) is 10.3. The van der Waals surface area contributed by atoms with Gasteiger partial charge in [-0.2, -0.15) is 0 Å². The number of hydrogen-bond acceptors (Lipinski definition) is 2. The van der Waals surface area contributed by atoms with Gasteiger partial charge in [-0.15, -0.1) is 0 Å². The van der Waals surface area contributed by atoms with Gasteiger partial charge in [-0.25, -0.2) is 0 Å². The van der Waals surface area contributed by atoms with Crippen LogP contribution in [0.2, 0.25) is 29.6 Å². The summed E-state index contributed by atoms with van der Waals surface area (Å²) in [5.41, 5.74) is 6.24. The first-order chi connectivity index (χ1) is 23.5. The second-order valence-electron chi connectivity index (χ2n) is 17.2. The Labute approximate surface area is 321 Å². The Bertz CT molecular complexity index is 1290. The van der Waals surface area contributed by atoms with Crippen LogP contribution in [-0.4, -0.2) is 36.8 Å². The Morgan fingerprint density at radius 2 is 0.653 bits per heavy atom. The van der Waals surface area contributed by atoms with Crippen LogP contribution < -0.4 is 5.79 Å². The van der Waals surface area contributed by atoms with E-state index in [0.717, 1.165) is 0 Å². The second kappa shape index (κ2) is 23.8. The third-order valence-corrected chi connectivity index (χ3v) is 31.9. The van der Waals surface area contributed by atoms with E-state index in [4.69, 9.17) is 0 Å². The summed E-state index contributed by atoms with van der Waals surface area (Å²) in [7, 11) is 0. The number of hydrogen-bond donors (Lipinski definition) is 0. The van der Waals surface area contributed by atoms with Crippen molar-refractivity contribution in [3.8, 4) is 20.9 Å². The van der Waals surface area contributed by atoms with Gasteiger partial charge < -0.3 is 0 Å². The van der Waals surface area contributed by atoms with Crippen molar-refractivity contribution < 1.29 is 0 Å². The van der Waals surface area contributed by atoms with Gasteiger partial charge in [0.25, 0.3) is 0 Å². The molecule has 0 saturated heterocycles. The van der Waals surface area contributed by atoms with E-state index in [-0.39, 0.29) is 0 Å². The topological polar surface area (TPSA) is 0 Å². The molecule has 0 bridgehead atoms. The Hall–Kier alpha value is 0.217. The van der Waals surface area contributed by atoms with E-state index in [9.17, 15) is 0 Å². The molecule has 0 aliphatic carbocycles. The molecule has 0 amide bonds. The van der Waals surface area contributed by atoms with Gasteiger partial charge in [0.2, 0.25) is 0 Å². The van der Waals surface area contributed by atoms with Gasteiger partial charge in [0.05, 0.1) is 0 Å². The van der Waals surface area contributed by atoms with Gasteiger partial charge in [0.15, 0.2) is 0 Å². The zero-order valence-corrected chi connectivity index (χ0v) is 40.9. The first kappa shape index (κ1) is 43.6. The summed E-state index contributed by atoms with van der Waals surface area (Å²) >= 11 is -0.0912. The van der Waals surface area contributed by atoms with Crippen LogP contribution in [0.15, 0.2) is 36.4 Å². The van der Waals surface area contributed by atoms with E-state index < -0.39 is 36.8 Å². The Balaban J connectivity index is 1.55. The Kier molecular flexibility index (Phi) is 21.2. The summed E-state index contributed by atoms with van der Waals surface area (Å²) in [4.78, 5) is 18.7. The molecule has 2 aromatic heterocycles. The number of unbranched alkanes of at least 4 members (excludes halogenated alkanes) is 19. The van der Waals surface area contributed by atoms with E-state index in [1.165, 1.54) is 169 Å². The molecule has 0 N–H and O–H groups in total. The van der Waals surface area contributed by atoms with Crippen molar-refractivity contribution in [1.29, 1.82) is 0 Å². The molecular weight excluding hydrogens is 842 g/mol. The van der Waals surface area contributed by atoms with Crippen molar-refractivity contribution >= 4 is 65.2 Å². The summed E-state index contributed by atoms with van der Waals surface area (Å²) in [6.45, 7) is 4.62. The molecule has 1 aromatic carbocycles. The number of rotatable bonds is 27. The molecule has 49 heavy (non-hydrogen) atoms. The zero-order valence-electron chi connectivity index (χ0n) is 33.5. The fraction of sp³-hybridized carbons (Fsp3) is 0.689. The predicted molar refractivity (Wildman–Crippen MR) is 235 cm³/mol. The number of benzene rings is 1. The first-order valence-electron chi connectivity index (χ1n) is 20.9. The monoisotopic (exact) mass is 920 g/mol. The van der Waals surface area contributed by atoms with Crippen molar-refractivity contribution in [3.05, 3.63) is 47.5 Å². The standard InChI is InChI=1S/C39H58S2.6CH3.2Sn/c1-3-5-7-9-11-13-15-17-19-21-23-25-35-31-39(41-33-35)37-28-26-36(27-29-37)38-30-34(32-40-38)24-22-20-18-16-14-12-10-8-6-4-2;;;;;;;;/h26-31H,3-25H2,1-2H3;6*1H3;;. The zero-order chi connectivity index (χ0) is 35.5. The molecule has 0 spiro atoms. The number of aryl methyl sites for hydroxylation is 2. The Morgan fingerprint density at radius 3 is 0.918 bits per heavy atom. The van der Waals surface area contributed by atoms with E-state index in [2.05, 4.69) is 103 Å². The van der Waals surface area contributed by atoms with Gasteiger partial charge >= 0.3 is 292 Å². The molecule has 0 saturated carbocycles. The van der Waals surface area contributed by atoms with E-state index in [1.807, 2.05) is 0 Å². The molecule has 4 heteroatoms. The molecular formula is C45H76S2Sn2. The summed E-state index contributed by atoms with van der Waals surface area (Å²) in [6.07, 6.45) is 32.4. The van der Waals surface area contributed by atoms with Crippen LogP contribution in [-0.2, 0) is 12.8 Å². The summed E-state index contributed by atoms with van der Waals surface area (Å²) in [6, 6.07) is 14.9. The van der Waals surface area contributed by atoms with Crippen LogP contribution in [0, 0.1) is 0 Å². The molecule has 0 fully saturated rings. The quantitative estimate of drug-likeness (QED) is 0.0528. The van der Waals surface area contributed by atoms with E-state index in [0.29, 0.717) is 0 Å². The SMILES string of the molecule is CCCCCCCCCCCCCc1cc(-c2ccc(-c3cc(CCCCCCCCCCCC)[c]([Sn]([CH3])([CH3])[CH3])s3)cc2)s[c]1[Sn]([CH3])([CH3])[CH3]. The molecule has 0 aliphatic rings. The van der Waals surface area contributed by atoms with Crippen LogP contribution in [0.1, 0.15) is 160 Å². The van der Waals surface area contributed by atoms with E-state index in [1.54, 1.807) is 16.9 Å².